The van der Waals surface area contributed by atoms with Crippen LogP contribution in [0.15, 0.2) is 42.6 Å². The van der Waals surface area contributed by atoms with Crippen molar-refractivity contribution in [1.82, 2.24) is 19.9 Å². The molecular weight excluding hydrogens is 384 g/mol. The minimum atomic E-state index is -0.459. The molecule has 0 radical (unpaired) electrons. The Balaban J connectivity index is 1.46. The molecule has 2 fully saturated rings. The van der Waals surface area contributed by atoms with Gasteiger partial charge in [-0.25, -0.2) is 0 Å². The molecule has 1 amide bonds. The fraction of sp³-hybridized carbons (Fsp3) is 0.381. The lowest BCUT2D eigenvalue weighted by atomic mass is 9.95. The van der Waals surface area contributed by atoms with Gasteiger partial charge in [0, 0.05) is 43.4 Å². The first-order valence-corrected chi connectivity index (χ1v) is 10.2. The third-order valence-electron chi connectivity index (χ3n) is 5.82. The number of piperidine rings is 1. The molecule has 9 nitrogen and oxygen atoms in total. The number of aromatic nitrogens is 3. The van der Waals surface area contributed by atoms with Crippen LogP contribution in [0.2, 0.25) is 0 Å². The van der Waals surface area contributed by atoms with Gasteiger partial charge in [0.2, 0.25) is 0 Å². The van der Waals surface area contributed by atoms with E-state index in [-0.39, 0.29) is 23.6 Å². The number of fused-ring (bicyclic) bond motifs is 1. The van der Waals surface area contributed by atoms with Crippen LogP contribution < -0.4 is 10.2 Å². The Morgan fingerprint density at radius 3 is 2.83 bits per heavy atom. The molecule has 0 spiro atoms. The van der Waals surface area contributed by atoms with Crippen LogP contribution >= 0.6 is 0 Å². The molecule has 1 saturated carbocycles. The SMILES string of the molecule is O=C(NC1CC1)c1cc([N+](=O)[O-])ccc1N1CCCC(c2nnc3ccccn23)C1. The highest BCUT2D eigenvalue weighted by Gasteiger charge is 2.30. The minimum Gasteiger partial charge on any atom is -0.370 e. The number of nitrogens with zero attached hydrogens (tertiary/aromatic N) is 5. The predicted molar refractivity (Wildman–Crippen MR) is 111 cm³/mol. The standard InChI is InChI=1S/C21H22N6O3/c28-21(22-15-6-7-15)17-12-16(27(29)30)8-9-18(17)25-10-3-4-14(13-25)20-24-23-19-5-1-2-11-26(19)20/h1-2,5,8-9,11-12,14-15H,3-4,6-7,10,13H2,(H,22,28). The molecule has 1 atom stereocenters. The zero-order chi connectivity index (χ0) is 20.7. The average molecular weight is 406 g/mol. The Hall–Kier alpha value is -3.49. The van der Waals surface area contributed by atoms with Crippen LogP contribution in [-0.2, 0) is 0 Å². The second-order valence-corrected chi connectivity index (χ2v) is 7.98. The molecule has 9 heteroatoms. The quantitative estimate of drug-likeness (QED) is 0.516. The summed E-state index contributed by atoms with van der Waals surface area (Å²) in [5, 5.41) is 22.9. The largest absolute Gasteiger partial charge is 0.370 e. The molecule has 1 aliphatic heterocycles. The minimum absolute atomic E-state index is 0.0725. The van der Waals surface area contributed by atoms with Gasteiger partial charge in [-0.3, -0.25) is 19.3 Å². The molecule has 1 aromatic carbocycles. The van der Waals surface area contributed by atoms with E-state index in [1.807, 2.05) is 28.8 Å². The topological polar surface area (TPSA) is 106 Å². The van der Waals surface area contributed by atoms with Gasteiger partial charge in [0.15, 0.2) is 5.65 Å². The summed E-state index contributed by atoms with van der Waals surface area (Å²) in [6, 6.07) is 10.6. The second kappa shape index (κ2) is 7.40. The molecule has 2 aliphatic rings. The summed E-state index contributed by atoms with van der Waals surface area (Å²) < 4.78 is 2.00. The normalized spacial score (nSPS) is 19.1. The van der Waals surface area contributed by atoms with Gasteiger partial charge in [-0.05, 0) is 43.9 Å². The third-order valence-corrected chi connectivity index (χ3v) is 5.82. The number of benzene rings is 1. The maximum Gasteiger partial charge on any atom is 0.270 e. The number of nitrogens with one attached hydrogen (secondary N) is 1. The highest BCUT2D eigenvalue weighted by atomic mass is 16.6. The Bertz CT molecular complexity index is 1120. The molecule has 1 unspecified atom stereocenters. The van der Waals surface area contributed by atoms with E-state index in [9.17, 15) is 14.9 Å². The van der Waals surface area contributed by atoms with Crippen LogP contribution in [0.3, 0.4) is 0 Å². The van der Waals surface area contributed by atoms with Crippen LogP contribution in [0.1, 0.15) is 47.8 Å². The smallest absolute Gasteiger partial charge is 0.270 e. The summed E-state index contributed by atoms with van der Waals surface area (Å²) in [5.74, 6) is 0.818. The molecule has 2 aromatic heterocycles. The maximum atomic E-state index is 12.8. The molecule has 1 aliphatic carbocycles. The van der Waals surface area contributed by atoms with Crippen molar-refractivity contribution in [1.29, 1.82) is 0 Å². The third kappa shape index (κ3) is 3.47. The summed E-state index contributed by atoms with van der Waals surface area (Å²) >= 11 is 0. The highest BCUT2D eigenvalue weighted by Crippen LogP contribution is 2.33. The van der Waals surface area contributed by atoms with E-state index in [1.54, 1.807) is 6.07 Å². The van der Waals surface area contributed by atoms with Gasteiger partial charge in [0.1, 0.15) is 5.82 Å². The summed E-state index contributed by atoms with van der Waals surface area (Å²) in [6.07, 6.45) is 5.79. The van der Waals surface area contributed by atoms with Gasteiger partial charge in [0.05, 0.1) is 16.2 Å². The number of non-ortho nitro benzene ring substituents is 1. The zero-order valence-corrected chi connectivity index (χ0v) is 16.4. The number of carbonyl (C=O) groups excluding carboxylic acids is 1. The van der Waals surface area contributed by atoms with Gasteiger partial charge in [-0.2, -0.15) is 0 Å². The van der Waals surface area contributed by atoms with Crippen molar-refractivity contribution in [3.63, 3.8) is 0 Å². The monoisotopic (exact) mass is 406 g/mol. The van der Waals surface area contributed by atoms with Crippen molar-refractivity contribution in [3.05, 3.63) is 64.1 Å². The van der Waals surface area contributed by atoms with Crippen LogP contribution in [-0.4, -0.2) is 44.6 Å². The summed E-state index contributed by atoms with van der Waals surface area (Å²) in [4.78, 5) is 25.8. The lowest BCUT2D eigenvalue weighted by Crippen LogP contribution is -2.37. The molecule has 0 bridgehead atoms. The number of hydrogen-bond donors (Lipinski definition) is 1. The van der Waals surface area contributed by atoms with E-state index < -0.39 is 4.92 Å². The van der Waals surface area contributed by atoms with Crippen LogP contribution in [0.4, 0.5) is 11.4 Å². The molecular formula is C21H22N6O3. The Kier molecular flexibility index (Phi) is 4.57. The molecule has 1 N–H and O–H groups in total. The molecule has 154 valence electrons. The van der Waals surface area contributed by atoms with E-state index in [1.165, 1.54) is 12.1 Å². The number of amides is 1. The number of nitro groups is 1. The Morgan fingerprint density at radius 2 is 2.03 bits per heavy atom. The molecule has 3 heterocycles. The van der Waals surface area contributed by atoms with Crippen molar-refractivity contribution in [2.45, 2.75) is 37.6 Å². The fourth-order valence-electron chi connectivity index (χ4n) is 4.13. The number of carbonyl (C=O) groups is 1. The Labute approximate surface area is 172 Å². The van der Waals surface area contributed by atoms with Crippen LogP contribution in [0.25, 0.3) is 5.65 Å². The van der Waals surface area contributed by atoms with E-state index in [4.69, 9.17) is 0 Å². The van der Waals surface area contributed by atoms with Gasteiger partial charge >= 0.3 is 0 Å². The van der Waals surface area contributed by atoms with Crippen molar-refractivity contribution in [2.75, 3.05) is 18.0 Å². The van der Waals surface area contributed by atoms with E-state index in [0.717, 1.165) is 49.4 Å². The highest BCUT2D eigenvalue weighted by molar-refractivity contribution is 6.00. The predicted octanol–water partition coefficient (Wildman–Crippen LogP) is 2.91. The van der Waals surface area contributed by atoms with Crippen molar-refractivity contribution >= 4 is 22.9 Å². The van der Waals surface area contributed by atoms with Gasteiger partial charge in [0.25, 0.3) is 11.6 Å². The fourth-order valence-corrected chi connectivity index (χ4v) is 4.13. The van der Waals surface area contributed by atoms with E-state index >= 15 is 0 Å². The van der Waals surface area contributed by atoms with E-state index in [0.29, 0.717) is 12.1 Å². The number of pyridine rings is 1. The molecule has 3 aromatic rings. The number of hydrogen-bond acceptors (Lipinski definition) is 6. The van der Waals surface area contributed by atoms with Crippen molar-refractivity contribution in [2.24, 2.45) is 0 Å². The summed E-state index contributed by atoms with van der Waals surface area (Å²) in [7, 11) is 0. The van der Waals surface area contributed by atoms with Gasteiger partial charge in [-0.1, -0.05) is 6.07 Å². The first kappa shape index (κ1) is 18.5. The second-order valence-electron chi connectivity index (χ2n) is 7.98. The first-order valence-electron chi connectivity index (χ1n) is 10.2. The number of anilines is 1. The van der Waals surface area contributed by atoms with Crippen molar-refractivity contribution < 1.29 is 9.72 Å². The van der Waals surface area contributed by atoms with Crippen LogP contribution in [0, 0.1) is 10.1 Å². The van der Waals surface area contributed by atoms with Crippen LogP contribution in [0.5, 0.6) is 0 Å². The lowest BCUT2D eigenvalue weighted by molar-refractivity contribution is -0.384. The lowest BCUT2D eigenvalue weighted by Gasteiger charge is -2.34. The zero-order valence-electron chi connectivity index (χ0n) is 16.4. The van der Waals surface area contributed by atoms with Gasteiger partial charge < -0.3 is 10.2 Å². The Morgan fingerprint density at radius 1 is 1.17 bits per heavy atom. The molecule has 1 saturated heterocycles. The first-order chi connectivity index (χ1) is 14.6. The summed E-state index contributed by atoms with van der Waals surface area (Å²) in [5.41, 5.74) is 1.83. The maximum absolute atomic E-state index is 12.8. The molecule has 30 heavy (non-hydrogen) atoms. The van der Waals surface area contributed by atoms with Crippen molar-refractivity contribution in [3.8, 4) is 0 Å². The average Bonchev–Trinajstić information content (AvgIpc) is 3.48. The number of rotatable bonds is 5. The summed E-state index contributed by atoms with van der Waals surface area (Å²) in [6.45, 7) is 1.46. The van der Waals surface area contributed by atoms with Gasteiger partial charge in [-0.15, -0.1) is 10.2 Å². The van der Waals surface area contributed by atoms with E-state index in [2.05, 4.69) is 20.4 Å². The molecule has 5 rings (SSSR count). The number of nitro benzene ring substituents is 1.